The van der Waals surface area contributed by atoms with Crippen LogP contribution < -0.4 is 0 Å². The van der Waals surface area contributed by atoms with Crippen LogP contribution in [-0.4, -0.2) is 10.2 Å². The Morgan fingerprint density at radius 3 is 2.24 bits per heavy atom. The van der Waals surface area contributed by atoms with E-state index < -0.39 is 0 Å². The molecule has 0 atom stereocenters. The molecule has 0 aliphatic carbocycles. The van der Waals surface area contributed by atoms with Gasteiger partial charge in [0.05, 0.1) is 10.4 Å². The molecule has 94 valence electrons. The zero-order chi connectivity index (χ0) is 13.0. The minimum atomic E-state index is 1.05. The Morgan fingerprint density at radius 2 is 1.65 bits per heavy atom. The molecule has 2 aromatic heterocycles. The summed E-state index contributed by atoms with van der Waals surface area (Å²) < 4.78 is 1.32. The van der Waals surface area contributed by atoms with Gasteiger partial charge in [-0.3, -0.25) is 0 Å². The van der Waals surface area contributed by atoms with Crippen LogP contribution in [0.25, 0.3) is 10.2 Å². The van der Waals surface area contributed by atoms with Gasteiger partial charge in [-0.15, -0.1) is 16.4 Å². The van der Waals surface area contributed by atoms with Gasteiger partial charge in [-0.1, -0.05) is 27.2 Å². The van der Waals surface area contributed by atoms with Gasteiger partial charge in [0.15, 0.2) is 0 Å². The van der Waals surface area contributed by atoms with E-state index in [2.05, 4.69) is 31.0 Å². The smallest absolute Gasteiger partial charge is 0.107 e. The van der Waals surface area contributed by atoms with Crippen molar-refractivity contribution < 1.29 is 0 Å². The highest BCUT2D eigenvalue weighted by Gasteiger charge is 2.12. The van der Waals surface area contributed by atoms with Gasteiger partial charge in [0.2, 0.25) is 0 Å². The van der Waals surface area contributed by atoms with Crippen LogP contribution in [0.4, 0.5) is 0 Å². The topological polar surface area (TPSA) is 25.8 Å². The Bertz CT molecular complexity index is 500. The number of aromatic nitrogens is 2. The Labute approximate surface area is 108 Å². The summed E-state index contributed by atoms with van der Waals surface area (Å²) in [6.07, 6.45) is 2.35. The fourth-order valence-corrected chi connectivity index (χ4v) is 3.15. The largest absolute Gasteiger partial charge is 0.155 e. The van der Waals surface area contributed by atoms with Gasteiger partial charge in [0, 0.05) is 4.88 Å². The highest BCUT2D eigenvalue weighted by atomic mass is 32.1. The van der Waals surface area contributed by atoms with Crippen LogP contribution >= 0.6 is 11.3 Å². The molecule has 2 aromatic rings. The van der Waals surface area contributed by atoms with Gasteiger partial charge in [0.1, 0.15) is 5.52 Å². The average molecular weight is 250 g/mol. The fourth-order valence-electron chi connectivity index (χ4n) is 1.75. The molecule has 17 heavy (non-hydrogen) atoms. The van der Waals surface area contributed by atoms with Crippen LogP contribution in [0.2, 0.25) is 0 Å². The molecular formula is C14H22N2S. The molecule has 0 aliphatic heterocycles. The molecule has 0 radical (unpaired) electrons. The quantitative estimate of drug-likeness (QED) is 0.778. The van der Waals surface area contributed by atoms with E-state index in [-0.39, 0.29) is 0 Å². The first kappa shape index (κ1) is 14.1. The third-order valence-corrected chi connectivity index (χ3v) is 4.33. The molecule has 2 rings (SSSR count). The van der Waals surface area contributed by atoms with E-state index in [1.54, 1.807) is 0 Å². The lowest BCUT2D eigenvalue weighted by atomic mass is 10.1. The maximum Gasteiger partial charge on any atom is 0.107 e. The summed E-state index contributed by atoms with van der Waals surface area (Å²) in [6.45, 7) is 12.5. The number of rotatable bonds is 2. The highest BCUT2D eigenvalue weighted by molar-refractivity contribution is 7.19. The van der Waals surface area contributed by atoms with Gasteiger partial charge in [-0.2, -0.15) is 5.10 Å². The van der Waals surface area contributed by atoms with Crippen molar-refractivity contribution >= 4 is 21.6 Å². The lowest BCUT2D eigenvalue weighted by molar-refractivity contribution is 0.931. The SMILES string of the molecule is CC.CCCc1sc2c(C)c(C)nnc2c1C. The van der Waals surface area contributed by atoms with Crippen molar-refractivity contribution in [2.75, 3.05) is 0 Å². The number of aryl methyl sites for hydroxylation is 4. The van der Waals surface area contributed by atoms with Gasteiger partial charge >= 0.3 is 0 Å². The maximum absolute atomic E-state index is 4.30. The highest BCUT2D eigenvalue weighted by Crippen LogP contribution is 2.32. The van der Waals surface area contributed by atoms with Crippen LogP contribution in [0.3, 0.4) is 0 Å². The predicted molar refractivity (Wildman–Crippen MR) is 77.0 cm³/mol. The normalized spacial score (nSPS) is 10.2. The first-order valence-electron chi connectivity index (χ1n) is 6.37. The summed E-state index contributed by atoms with van der Waals surface area (Å²) in [5.74, 6) is 0. The Balaban J connectivity index is 0.000000686. The minimum Gasteiger partial charge on any atom is -0.155 e. The van der Waals surface area contributed by atoms with E-state index in [9.17, 15) is 0 Å². The number of hydrogen-bond acceptors (Lipinski definition) is 3. The molecule has 2 nitrogen and oxygen atoms in total. The van der Waals surface area contributed by atoms with E-state index in [1.165, 1.54) is 27.1 Å². The summed E-state index contributed by atoms with van der Waals surface area (Å²) in [4.78, 5) is 1.47. The van der Waals surface area contributed by atoms with Crippen LogP contribution in [-0.2, 0) is 6.42 Å². The molecule has 0 aromatic carbocycles. The van der Waals surface area contributed by atoms with E-state index >= 15 is 0 Å². The molecule has 0 bridgehead atoms. The number of fused-ring (bicyclic) bond motifs is 1. The molecule has 0 unspecified atom stereocenters. The lowest BCUT2D eigenvalue weighted by Crippen LogP contribution is -1.91. The summed E-state index contributed by atoms with van der Waals surface area (Å²) in [6, 6.07) is 0. The van der Waals surface area contributed by atoms with Crippen LogP contribution in [0.1, 0.15) is 48.9 Å². The summed E-state index contributed by atoms with van der Waals surface area (Å²) in [5, 5.41) is 8.50. The first-order chi connectivity index (χ1) is 8.15. The van der Waals surface area contributed by atoms with Crippen molar-refractivity contribution in [2.45, 2.75) is 54.4 Å². The van der Waals surface area contributed by atoms with Gasteiger partial charge in [-0.25, -0.2) is 0 Å². The molecular weight excluding hydrogens is 228 g/mol. The minimum absolute atomic E-state index is 1.05. The maximum atomic E-state index is 4.30. The Kier molecular flexibility index (Phi) is 5.06. The van der Waals surface area contributed by atoms with Gasteiger partial charge in [0.25, 0.3) is 0 Å². The predicted octanol–water partition coefficient (Wildman–Crippen LogP) is 4.60. The van der Waals surface area contributed by atoms with Crippen LogP contribution in [0.15, 0.2) is 0 Å². The molecule has 3 heteroatoms. The Hall–Kier alpha value is -0.960. The third-order valence-electron chi connectivity index (χ3n) is 2.87. The molecule has 0 saturated carbocycles. The van der Waals surface area contributed by atoms with Crippen LogP contribution in [0.5, 0.6) is 0 Å². The standard InChI is InChI=1S/C12H16N2S.C2H6/c1-5-6-10-8(3)11-12(15-10)7(2)9(4)13-14-11;1-2/h5-6H2,1-4H3;1-2H3. The van der Waals surface area contributed by atoms with Crippen molar-refractivity contribution in [3.05, 3.63) is 21.7 Å². The molecule has 0 aliphatic rings. The summed E-state index contributed by atoms with van der Waals surface area (Å²) in [5.41, 5.74) is 4.77. The zero-order valence-corrected chi connectivity index (χ0v) is 12.5. The van der Waals surface area contributed by atoms with E-state index in [1.807, 2.05) is 32.1 Å². The van der Waals surface area contributed by atoms with E-state index in [0.717, 1.165) is 17.6 Å². The van der Waals surface area contributed by atoms with E-state index in [0.29, 0.717) is 0 Å². The average Bonchev–Trinajstić information content (AvgIpc) is 2.66. The van der Waals surface area contributed by atoms with Crippen molar-refractivity contribution in [3.63, 3.8) is 0 Å². The first-order valence-corrected chi connectivity index (χ1v) is 7.18. The number of thiophene rings is 1. The summed E-state index contributed by atoms with van der Waals surface area (Å²) >= 11 is 1.89. The monoisotopic (exact) mass is 250 g/mol. The van der Waals surface area contributed by atoms with Gasteiger partial charge < -0.3 is 0 Å². The fraction of sp³-hybridized carbons (Fsp3) is 0.571. The summed E-state index contributed by atoms with van der Waals surface area (Å²) in [7, 11) is 0. The van der Waals surface area contributed by atoms with Crippen molar-refractivity contribution in [1.29, 1.82) is 0 Å². The number of nitrogens with zero attached hydrogens (tertiary/aromatic N) is 2. The molecule has 0 spiro atoms. The van der Waals surface area contributed by atoms with E-state index in [4.69, 9.17) is 0 Å². The molecule has 0 N–H and O–H groups in total. The second-order valence-corrected chi connectivity index (χ2v) is 5.09. The Morgan fingerprint density at radius 1 is 1.00 bits per heavy atom. The van der Waals surface area contributed by atoms with Crippen molar-refractivity contribution in [2.24, 2.45) is 0 Å². The molecule has 2 heterocycles. The van der Waals surface area contributed by atoms with Crippen LogP contribution in [0, 0.1) is 20.8 Å². The number of hydrogen-bond donors (Lipinski definition) is 0. The molecule has 0 saturated heterocycles. The second-order valence-electron chi connectivity index (χ2n) is 3.99. The lowest BCUT2D eigenvalue weighted by Gasteiger charge is -1.97. The molecule has 0 fully saturated rings. The third kappa shape index (κ3) is 2.65. The van der Waals surface area contributed by atoms with Gasteiger partial charge in [-0.05, 0) is 38.3 Å². The zero-order valence-electron chi connectivity index (χ0n) is 11.7. The molecule has 0 amide bonds. The second kappa shape index (κ2) is 6.10. The van der Waals surface area contributed by atoms with Crippen molar-refractivity contribution in [3.8, 4) is 0 Å². The van der Waals surface area contributed by atoms with Crippen molar-refractivity contribution in [1.82, 2.24) is 10.2 Å².